The molecule has 2 aromatic carbocycles. The number of hydrogen-bond acceptors (Lipinski definition) is 4. The van der Waals surface area contributed by atoms with Crippen molar-refractivity contribution in [1.29, 1.82) is 10.8 Å². The summed E-state index contributed by atoms with van der Waals surface area (Å²) in [6.07, 6.45) is -5.95. The predicted molar refractivity (Wildman–Crippen MR) is 110 cm³/mol. The highest BCUT2D eigenvalue weighted by atomic mass is 35.5. The highest BCUT2D eigenvalue weighted by Gasteiger charge is 2.41. The van der Waals surface area contributed by atoms with Crippen LogP contribution in [0.15, 0.2) is 36.4 Å². The second kappa shape index (κ2) is 8.67. The number of ether oxygens (including phenoxy) is 2. The van der Waals surface area contributed by atoms with Gasteiger partial charge in [0.25, 0.3) is 0 Å². The van der Waals surface area contributed by atoms with Crippen molar-refractivity contribution in [2.75, 3.05) is 18.1 Å². The van der Waals surface area contributed by atoms with Crippen molar-refractivity contribution in [3.05, 3.63) is 58.1 Å². The van der Waals surface area contributed by atoms with Gasteiger partial charge < -0.3 is 9.47 Å². The van der Waals surface area contributed by atoms with Gasteiger partial charge in [0.1, 0.15) is 24.3 Å². The van der Waals surface area contributed by atoms with Gasteiger partial charge in [-0.05, 0) is 31.2 Å². The van der Waals surface area contributed by atoms with Gasteiger partial charge in [0.2, 0.25) is 0 Å². The average Bonchev–Trinajstić information content (AvgIpc) is 2.83. The van der Waals surface area contributed by atoms with Gasteiger partial charge in [0.05, 0.1) is 22.9 Å². The van der Waals surface area contributed by atoms with E-state index < -0.39 is 42.0 Å². The number of anilines is 1. The third kappa shape index (κ3) is 4.56. The lowest BCUT2D eigenvalue weighted by Crippen LogP contribution is -2.46. The number of hydrogen-bond donors (Lipinski definition) is 2. The maximum atomic E-state index is 14.0. The fourth-order valence-corrected chi connectivity index (χ4v) is 3.59. The van der Waals surface area contributed by atoms with Gasteiger partial charge in [-0.2, -0.15) is 22.0 Å². The third-order valence-electron chi connectivity index (χ3n) is 4.75. The molecule has 0 saturated carbocycles. The van der Waals surface area contributed by atoms with Crippen LogP contribution in [0.5, 0.6) is 5.75 Å². The lowest BCUT2D eigenvalue weighted by atomic mass is 9.96. The van der Waals surface area contributed by atoms with Gasteiger partial charge in [0, 0.05) is 18.1 Å². The van der Waals surface area contributed by atoms with Gasteiger partial charge in [-0.15, -0.1) is 0 Å². The summed E-state index contributed by atoms with van der Waals surface area (Å²) in [4.78, 5) is 0.593. The molecule has 2 aromatic rings. The zero-order valence-corrected chi connectivity index (χ0v) is 17.7. The fraction of sp³-hybridized carbons (Fsp3) is 0.333. The van der Waals surface area contributed by atoms with E-state index in [9.17, 15) is 22.0 Å². The monoisotopic (exact) mass is 475 g/mol. The van der Waals surface area contributed by atoms with E-state index in [2.05, 4.69) is 0 Å². The molecule has 1 heterocycles. The summed E-state index contributed by atoms with van der Waals surface area (Å²) in [5.74, 6) is -5.18. The number of nitrogens with zero attached hydrogens (tertiary/aromatic N) is 1. The minimum atomic E-state index is -4.72. The van der Waals surface area contributed by atoms with Gasteiger partial charge in [-0.1, -0.05) is 23.7 Å². The summed E-state index contributed by atoms with van der Waals surface area (Å²) >= 11 is 6.42. The molecule has 1 aliphatic rings. The van der Waals surface area contributed by atoms with Crippen LogP contribution in [0, 0.1) is 10.8 Å². The van der Waals surface area contributed by atoms with Crippen LogP contribution >= 0.6 is 11.6 Å². The molecule has 1 atom stereocenters. The molecule has 0 radical (unpaired) electrons. The Morgan fingerprint density at radius 1 is 1.19 bits per heavy atom. The van der Waals surface area contributed by atoms with Crippen LogP contribution in [0.1, 0.15) is 36.6 Å². The second-order valence-corrected chi connectivity index (χ2v) is 7.45. The van der Waals surface area contributed by atoms with E-state index in [0.29, 0.717) is 17.9 Å². The Morgan fingerprint density at radius 2 is 1.88 bits per heavy atom. The number of rotatable bonds is 4. The minimum Gasteiger partial charge on any atom is -0.492 e. The lowest BCUT2D eigenvalue weighted by molar-refractivity contribution is -0.137. The number of benzene rings is 2. The highest BCUT2D eigenvalue weighted by Crippen LogP contribution is 2.44. The van der Waals surface area contributed by atoms with Crippen LogP contribution < -0.4 is 9.64 Å². The number of amidine groups is 2. The van der Waals surface area contributed by atoms with E-state index in [1.54, 1.807) is 19.1 Å². The van der Waals surface area contributed by atoms with Gasteiger partial charge in [-0.3, -0.25) is 15.7 Å². The molecule has 5 nitrogen and oxygen atoms in total. The van der Waals surface area contributed by atoms with Crippen LogP contribution in [0.2, 0.25) is 5.02 Å². The summed E-state index contributed by atoms with van der Waals surface area (Å²) in [6.45, 7) is 1.93. The molecular formula is C21H19ClF5N3O2. The van der Waals surface area contributed by atoms with E-state index in [-0.39, 0.29) is 34.2 Å². The average molecular weight is 476 g/mol. The van der Waals surface area contributed by atoms with Gasteiger partial charge in [-0.25, -0.2) is 0 Å². The standard InChI is InChI=1S/C21H19ClF5N3O2/c1-3-31-15-6-4-5-12(17(15)22)18-13-9-11(21(25,26)27)7-8-14(13)30(16(28)10-32-18)19(29)20(2,23)24/h4-9,18,28-29H,3,10H2,1-2H3/t18-/m1/s1. The molecule has 172 valence electrons. The molecular weight excluding hydrogens is 457 g/mol. The number of halogens is 6. The number of fused-ring (bicyclic) bond motifs is 1. The molecule has 0 aliphatic carbocycles. The Hall–Kier alpha value is -2.72. The molecule has 0 aromatic heterocycles. The van der Waals surface area contributed by atoms with E-state index in [1.165, 1.54) is 6.07 Å². The molecule has 1 aliphatic heterocycles. The maximum absolute atomic E-state index is 14.0. The van der Waals surface area contributed by atoms with Crippen LogP contribution in [-0.4, -0.2) is 30.8 Å². The molecule has 0 amide bonds. The summed E-state index contributed by atoms with van der Waals surface area (Å²) in [6, 6.07) is 7.07. The third-order valence-corrected chi connectivity index (χ3v) is 5.15. The maximum Gasteiger partial charge on any atom is 0.416 e. The van der Waals surface area contributed by atoms with E-state index in [0.717, 1.165) is 12.1 Å². The van der Waals surface area contributed by atoms with E-state index >= 15 is 0 Å². The van der Waals surface area contributed by atoms with Crippen molar-refractivity contribution in [2.24, 2.45) is 0 Å². The highest BCUT2D eigenvalue weighted by molar-refractivity contribution is 6.33. The molecule has 32 heavy (non-hydrogen) atoms. The van der Waals surface area contributed by atoms with Crippen LogP contribution in [-0.2, 0) is 10.9 Å². The lowest BCUT2D eigenvalue weighted by Gasteiger charge is -2.28. The first-order valence-electron chi connectivity index (χ1n) is 9.44. The van der Waals surface area contributed by atoms with Crippen LogP contribution in [0.25, 0.3) is 0 Å². The second-order valence-electron chi connectivity index (χ2n) is 7.07. The van der Waals surface area contributed by atoms with Crippen LogP contribution in [0.4, 0.5) is 27.6 Å². The van der Waals surface area contributed by atoms with E-state index in [1.807, 2.05) is 0 Å². The fourth-order valence-electron chi connectivity index (χ4n) is 3.31. The van der Waals surface area contributed by atoms with Crippen molar-refractivity contribution in [2.45, 2.75) is 32.1 Å². The van der Waals surface area contributed by atoms with Gasteiger partial charge >= 0.3 is 12.1 Å². The smallest absolute Gasteiger partial charge is 0.416 e. The normalized spacial score (nSPS) is 17.1. The Bertz CT molecular complexity index is 1050. The van der Waals surface area contributed by atoms with Crippen molar-refractivity contribution in [1.82, 2.24) is 0 Å². The number of nitrogens with one attached hydrogen (secondary N) is 2. The Morgan fingerprint density at radius 3 is 2.47 bits per heavy atom. The Labute approximate surface area is 185 Å². The molecule has 3 rings (SSSR count). The first-order chi connectivity index (χ1) is 14.9. The molecule has 2 N–H and O–H groups in total. The summed E-state index contributed by atoms with van der Waals surface area (Å²) in [5, 5.41) is 16.1. The molecule has 0 spiro atoms. The zero-order valence-electron chi connectivity index (χ0n) is 17.0. The SMILES string of the molecule is CCOc1cccc([C@H]2OCC(=N)N(C(=N)C(C)(F)F)c3ccc(C(F)(F)F)cc32)c1Cl. The van der Waals surface area contributed by atoms with Crippen molar-refractivity contribution in [3.63, 3.8) is 0 Å². The predicted octanol–water partition coefficient (Wildman–Crippen LogP) is 6.29. The molecule has 0 fully saturated rings. The van der Waals surface area contributed by atoms with E-state index in [4.69, 9.17) is 31.9 Å². The largest absolute Gasteiger partial charge is 0.492 e. The summed E-state index contributed by atoms with van der Waals surface area (Å²) in [7, 11) is 0. The van der Waals surface area contributed by atoms with Crippen molar-refractivity contribution >= 4 is 29.0 Å². The Balaban J connectivity index is 2.27. The molecule has 11 heteroatoms. The van der Waals surface area contributed by atoms with Gasteiger partial charge in [0.15, 0.2) is 5.84 Å². The summed E-state index contributed by atoms with van der Waals surface area (Å²) < 4.78 is 79.4. The molecule has 0 bridgehead atoms. The molecule has 0 unspecified atom stereocenters. The number of alkyl halides is 5. The summed E-state index contributed by atoms with van der Waals surface area (Å²) in [5.41, 5.74) is -1.16. The molecule has 0 saturated heterocycles. The zero-order chi connectivity index (χ0) is 23.8. The van der Waals surface area contributed by atoms with Crippen LogP contribution in [0.3, 0.4) is 0 Å². The Kier molecular flexibility index (Phi) is 6.48. The van der Waals surface area contributed by atoms with Crippen molar-refractivity contribution in [3.8, 4) is 5.75 Å². The first kappa shape index (κ1) is 23.9. The van der Waals surface area contributed by atoms with Crippen molar-refractivity contribution < 1.29 is 31.4 Å². The minimum absolute atomic E-state index is 0.0820. The quantitative estimate of drug-likeness (QED) is 0.310. The first-order valence-corrected chi connectivity index (χ1v) is 9.82. The topological polar surface area (TPSA) is 69.4 Å².